The van der Waals surface area contributed by atoms with E-state index in [-0.39, 0.29) is 5.82 Å². The molecule has 0 aliphatic carbocycles. The maximum atomic E-state index is 13.6. The fourth-order valence-electron chi connectivity index (χ4n) is 2.06. The summed E-state index contributed by atoms with van der Waals surface area (Å²) < 4.78 is 19.0. The fraction of sp³-hybridized carbons (Fsp3) is 0.250. The standard InChI is InChI=1S/C16H18FNO/c1-10-4-7-13(15(8-10)19-3)16(18)12-6-5-11(2)14(17)9-12/h4-9,16H,18H2,1-3H3. The number of benzene rings is 2. The Morgan fingerprint density at radius 2 is 1.84 bits per heavy atom. The van der Waals surface area contributed by atoms with Crippen molar-refractivity contribution >= 4 is 0 Å². The van der Waals surface area contributed by atoms with Crippen molar-refractivity contribution in [3.8, 4) is 5.75 Å². The number of halogens is 1. The highest BCUT2D eigenvalue weighted by atomic mass is 19.1. The van der Waals surface area contributed by atoms with Gasteiger partial charge in [0.15, 0.2) is 0 Å². The lowest BCUT2D eigenvalue weighted by Gasteiger charge is -2.17. The SMILES string of the molecule is COc1cc(C)ccc1C(N)c1ccc(C)c(F)c1. The van der Waals surface area contributed by atoms with Gasteiger partial charge in [0, 0.05) is 5.56 Å². The average molecular weight is 259 g/mol. The van der Waals surface area contributed by atoms with Crippen molar-refractivity contribution in [1.82, 2.24) is 0 Å². The predicted octanol–water partition coefficient (Wildman–Crippen LogP) is 3.50. The van der Waals surface area contributed by atoms with Gasteiger partial charge in [-0.25, -0.2) is 4.39 Å². The highest BCUT2D eigenvalue weighted by Crippen LogP contribution is 2.29. The molecule has 0 heterocycles. The molecule has 2 N–H and O–H groups in total. The van der Waals surface area contributed by atoms with E-state index in [1.807, 2.05) is 31.2 Å². The maximum Gasteiger partial charge on any atom is 0.126 e. The number of ether oxygens (including phenoxy) is 1. The Bertz CT molecular complexity index is 595. The number of methoxy groups -OCH3 is 1. The van der Waals surface area contributed by atoms with Gasteiger partial charge in [-0.15, -0.1) is 0 Å². The quantitative estimate of drug-likeness (QED) is 0.915. The first kappa shape index (κ1) is 13.6. The molecule has 1 atom stereocenters. The molecule has 0 saturated heterocycles. The van der Waals surface area contributed by atoms with Crippen LogP contribution in [-0.2, 0) is 0 Å². The van der Waals surface area contributed by atoms with Gasteiger partial charge in [-0.3, -0.25) is 0 Å². The number of nitrogens with two attached hydrogens (primary N) is 1. The minimum atomic E-state index is -0.398. The van der Waals surface area contributed by atoms with Crippen LogP contribution in [0.1, 0.15) is 28.3 Å². The zero-order chi connectivity index (χ0) is 14.0. The third-order valence-corrected chi connectivity index (χ3v) is 3.28. The first-order chi connectivity index (χ1) is 9.02. The summed E-state index contributed by atoms with van der Waals surface area (Å²) in [6.45, 7) is 3.72. The molecule has 0 spiro atoms. The molecule has 0 amide bonds. The normalized spacial score (nSPS) is 12.3. The molecule has 100 valence electrons. The van der Waals surface area contributed by atoms with Crippen molar-refractivity contribution in [2.24, 2.45) is 5.73 Å². The van der Waals surface area contributed by atoms with Gasteiger partial charge in [0.2, 0.25) is 0 Å². The van der Waals surface area contributed by atoms with Gasteiger partial charge < -0.3 is 10.5 Å². The summed E-state index contributed by atoms with van der Waals surface area (Å²) in [5, 5.41) is 0. The van der Waals surface area contributed by atoms with Gasteiger partial charge in [-0.05, 0) is 42.7 Å². The van der Waals surface area contributed by atoms with E-state index < -0.39 is 6.04 Å². The lowest BCUT2D eigenvalue weighted by Crippen LogP contribution is -2.13. The van der Waals surface area contributed by atoms with Crippen LogP contribution < -0.4 is 10.5 Å². The summed E-state index contributed by atoms with van der Waals surface area (Å²) in [7, 11) is 1.61. The van der Waals surface area contributed by atoms with Crippen molar-refractivity contribution < 1.29 is 9.13 Å². The van der Waals surface area contributed by atoms with E-state index in [0.717, 1.165) is 22.4 Å². The molecule has 0 aromatic heterocycles. The molecule has 0 radical (unpaired) electrons. The van der Waals surface area contributed by atoms with Gasteiger partial charge in [0.1, 0.15) is 11.6 Å². The Balaban J connectivity index is 2.43. The Hall–Kier alpha value is -1.87. The monoisotopic (exact) mass is 259 g/mol. The second-order valence-corrected chi connectivity index (χ2v) is 4.73. The fourth-order valence-corrected chi connectivity index (χ4v) is 2.06. The zero-order valence-corrected chi connectivity index (χ0v) is 11.4. The number of aryl methyl sites for hydroxylation is 2. The maximum absolute atomic E-state index is 13.6. The van der Waals surface area contributed by atoms with Crippen molar-refractivity contribution in [2.45, 2.75) is 19.9 Å². The molecule has 1 unspecified atom stereocenters. The summed E-state index contributed by atoms with van der Waals surface area (Å²) in [4.78, 5) is 0. The molecule has 2 aromatic carbocycles. The molecule has 3 heteroatoms. The molecular formula is C16H18FNO. The number of hydrogen-bond donors (Lipinski definition) is 1. The van der Waals surface area contributed by atoms with Crippen LogP contribution in [0.5, 0.6) is 5.75 Å². The van der Waals surface area contributed by atoms with Crippen LogP contribution in [0, 0.1) is 19.7 Å². The molecule has 0 fully saturated rings. The molecule has 2 rings (SSSR count). The van der Waals surface area contributed by atoms with E-state index in [0.29, 0.717) is 5.56 Å². The van der Waals surface area contributed by atoms with E-state index in [4.69, 9.17) is 10.5 Å². The highest BCUT2D eigenvalue weighted by molar-refractivity contribution is 5.44. The zero-order valence-electron chi connectivity index (χ0n) is 11.4. The Kier molecular flexibility index (Phi) is 3.86. The first-order valence-corrected chi connectivity index (χ1v) is 6.19. The van der Waals surface area contributed by atoms with E-state index in [1.165, 1.54) is 6.07 Å². The predicted molar refractivity (Wildman–Crippen MR) is 74.9 cm³/mol. The van der Waals surface area contributed by atoms with Crippen molar-refractivity contribution in [3.05, 3.63) is 64.5 Å². The third kappa shape index (κ3) is 2.76. The van der Waals surface area contributed by atoms with E-state index >= 15 is 0 Å². The summed E-state index contributed by atoms with van der Waals surface area (Å²) in [5.74, 6) is 0.493. The molecule has 0 saturated carbocycles. The Morgan fingerprint density at radius 1 is 1.11 bits per heavy atom. The lowest BCUT2D eigenvalue weighted by atomic mass is 9.97. The summed E-state index contributed by atoms with van der Waals surface area (Å²) >= 11 is 0. The van der Waals surface area contributed by atoms with Crippen molar-refractivity contribution in [3.63, 3.8) is 0 Å². The van der Waals surface area contributed by atoms with Crippen LogP contribution in [0.4, 0.5) is 4.39 Å². The minimum absolute atomic E-state index is 0.237. The number of rotatable bonds is 3. The van der Waals surface area contributed by atoms with E-state index in [1.54, 1.807) is 20.1 Å². The van der Waals surface area contributed by atoms with Crippen LogP contribution in [0.2, 0.25) is 0 Å². The van der Waals surface area contributed by atoms with Crippen molar-refractivity contribution in [2.75, 3.05) is 7.11 Å². The smallest absolute Gasteiger partial charge is 0.126 e. The van der Waals surface area contributed by atoms with Crippen LogP contribution in [0.25, 0.3) is 0 Å². The summed E-state index contributed by atoms with van der Waals surface area (Å²) in [6, 6.07) is 10.5. The Labute approximate surface area is 113 Å². The molecule has 2 nitrogen and oxygen atoms in total. The molecular weight excluding hydrogens is 241 g/mol. The molecule has 0 bridgehead atoms. The third-order valence-electron chi connectivity index (χ3n) is 3.28. The summed E-state index contributed by atoms with van der Waals surface area (Å²) in [5.41, 5.74) is 9.53. The number of hydrogen-bond acceptors (Lipinski definition) is 2. The molecule has 2 aromatic rings. The minimum Gasteiger partial charge on any atom is -0.496 e. The first-order valence-electron chi connectivity index (χ1n) is 6.19. The molecule has 19 heavy (non-hydrogen) atoms. The van der Waals surface area contributed by atoms with Gasteiger partial charge in [-0.1, -0.05) is 24.3 Å². The molecule has 0 aliphatic rings. The van der Waals surface area contributed by atoms with Gasteiger partial charge in [0.05, 0.1) is 13.2 Å². The second kappa shape index (κ2) is 5.41. The largest absolute Gasteiger partial charge is 0.496 e. The van der Waals surface area contributed by atoms with Crippen LogP contribution in [0.3, 0.4) is 0 Å². The van der Waals surface area contributed by atoms with Crippen LogP contribution in [0.15, 0.2) is 36.4 Å². The Morgan fingerprint density at radius 3 is 2.47 bits per heavy atom. The topological polar surface area (TPSA) is 35.2 Å². The summed E-state index contributed by atoms with van der Waals surface area (Å²) in [6.07, 6.45) is 0. The lowest BCUT2D eigenvalue weighted by molar-refractivity contribution is 0.407. The van der Waals surface area contributed by atoms with Crippen LogP contribution in [-0.4, -0.2) is 7.11 Å². The van der Waals surface area contributed by atoms with E-state index in [9.17, 15) is 4.39 Å². The van der Waals surface area contributed by atoms with Crippen molar-refractivity contribution in [1.29, 1.82) is 0 Å². The molecule has 0 aliphatic heterocycles. The van der Waals surface area contributed by atoms with Gasteiger partial charge in [0.25, 0.3) is 0 Å². The second-order valence-electron chi connectivity index (χ2n) is 4.73. The van der Waals surface area contributed by atoms with Gasteiger partial charge in [-0.2, -0.15) is 0 Å². The van der Waals surface area contributed by atoms with Crippen LogP contribution >= 0.6 is 0 Å². The highest BCUT2D eigenvalue weighted by Gasteiger charge is 2.15. The van der Waals surface area contributed by atoms with Gasteiger partial charge >= 0.3 is 0 Å². The van der Waals surface area contributed by atoms with E-state index in [2.05, 4.69) is 0 Å². The average Bonchev–Trinajstić information content (AvgIpc) is 2.41.